The Labute approximate surface area is 188 Å². The lowest BCUT2D eigenvalue weighted by atomic mass is 10.0. The van der Waals surface area contributed by atoms with Gasteiger partial charge in [-0.3, -0.25) is 4.79 Å². The van der Waals surface area contributed by atoms with Crippen LogP contribution in [0.5, 0.6) is 17.2 Å². The number of methoxy groups -OCH3 is 3. The van der Waals surface area contributed by atoms with Crippen LogP contribution in [0.15, 0.2) is 48.7 Å². The first kappa shape index (κ1) is 22.0. The lowest BCUT2D eigenvalue weighted by Crippen LogP contribution is -2.34. The van der Waals surface area contributed by atoms with E-state index in [1.807, 2.05) is 53.6 Å². The molecule has 7 heteroatoms. The molecule has 4 rings (SSSR count). The van der Waals surface area contributed by atoms with Crippen molar-refractivity contribution in [2.75, 3.05) is 41.1 Å². The van der Waals surface area contributed by atoms with Crippen LogP contribution < -0.4 is 14.2 Å². The number of aromatic nitrogens is 1. The maximum Gasteiger partial charge on any atom is 0.261 e. The second kappa shape index (κ2) is 9.96. The lowest BCUT2D eigenvalue weighted by molar-refractivity contribution is -0.134. The zero-order valence-corrected chi connectivity index (χ0v) is 18.9. The van der Waals surface area contributed by atoms with Gasteiger partial charge in [0, 0.05) is 43.4 Å². The summed E-state index contributed by atoms with van der Waals surface area (Å²) in [5, 5.41) is 0.992. The van der Waals surface area contributed by atoms with Gasteiger partial charge >= 0.3 is 0 Å². The molecule has 2 aromatic carbocycles. The van der Waals surface area contributed by atoms with Gasteiger partial charge in [-0.1, -0.05) is 6.07 Å². The van der Waals surface area contributed by atoms with Crippen LogP contribution in [0.2, 0.25) is 0 Å². The number of amides is 1. The molecule has 0 unspecified atom stereocenters. The van der Waals surface area contributed by atoms with Crippen molar-refractivity contribution >= 4 is 16.8 Å². The predicted octanol–water partition coefficient (Wildman–Crippen LogP) is 4.05. The monoisotopic (exact) mass is 438 g/mol. The summed E-state index contributed by atoms with van der Waals surface area (Å²) in [5.74, 6) is 2.15. The maximum absolute atomic E-state index is 13.1. The lowest BCUT2D eigenvalue weighted by Gasteiger charge is -2.26. The van der Waals surface area contributed by atoms with Gasteiger partial charge in [0.25, 0.3) is 5.91 Å². The summed E-state index contributed by atoms with van der Waals surface area (Å²) in [6, 6.07) is 13.6. The zero-order chi connectivity index (χ0) is 22.5. The number of ether oxygens (including phenoxy) is 4. The molecule has 2 heterocycles. The summed E-state index contributed by atoms with van der Waals surface area (Å²) < 4.78 is 24.2. The molecule has 1 fully saturated rings. The molecule has 32 heavy (non-hydrogen) atoms. The third-order valence-corrected chi connectivity index (χ3v) is 6.03. The molecule has 0 saturated carbocycles. The van der Waals surface area contributed by atoms with Crippen molar-refractivity contribution in [3.8, 4) is 17.2 Å². The summed E-state index contributed by atoms with van der Waals surface area (Å²) in [6.45, 7) is 2.11. The molecule has 0 radical (unpaired) electrons. The SMILES string of the molecule is COCCn1ccc2c(OCC(=O)N3CCC[C@H]3c3ccc(OC)cc3OC)cccc21. The van der Waals surface area contributed by atoms with Crippen molar-refractivity contribution in [1.82, 2.24) is 9.47 Å². The molecule has 170 valence electrons. The fourth-order valence-electron chi connectivity index (χ4n) is 4.41. The number of nitrogens with zero attached hydrogens (tertiary/aromatic N) is 2. The Balaban J connectivity index is 1.48. The van der Waals surface area contributed by atoms with E-state index >= 15 is 0 Å². The molecule has 1 amide bonds. The van der Waals surface area contributed by atoms with Crippen LogP contribution in [0.1, 0.15) is 24.4 Å². The van der Waals surface area contributed by atoms with Crippen molar-refractivity contribution in [3.05, 3.63) is 54.2 Å². The minimum atomic E-state index is -0.0297. The van der Waals surface area contributed by atoms with Gasteiger partial charge in [-0.15, -0.1) is 0 Å². The number of benzene rings is 2. The highest BCUT2D eigenvalue weighted by Gasteiger charge is 2.32. The van der Waals surface area contributed by atoms with Gasteiger partial charge in [0.2, 0.25) is 0 Å². The first-order valence-electron chi connectivity index (χ1n) is 10.9. The van der Waals surface area contributed by atoms with Gasteiger partial charge in [0.05, 0.1) is 32.4 Å². The van der Waals surface area contributed by atoms with Crippen LogP contribution in [0.4, 0.5) is 0 Å². The highest BCUT2D eigenvalue weighted by molar-refractivity contribution is 5.87. The van der Waals surface area contributed by atoms with E-state index in [1.165, 1.54) is 0 Å². The molecule has 1 atom stereocenters. The van der Waals surface area contributed by atoms with Crippen LogP contribution in [0.25, 0.3) is 10.9 Å². The minimum Gasteiger partial charge on any atom is -0.497 e. The van der Waals surface area contributed by atoms with E-state index in [1.54, 1.807) is 21.3 Å². The molecule has 0 bridgehead atoms. The second-order valence-corrected chi connectivity index (χ2v) is 7.83. The van der Waals surface area contributed by atoms with Crippen molar-refractivity contribution in [2.45, 2.75) is 25.4 Å². The predicted molar refractivity (Wildman–Crippen MR) is 123 cm³/mol. The Bertz CT molecular complexity index is 1080. The average Bonchev–Trinajstić information content (AvgIpc) is 3.48. The minimum absolute atomic E-state index is 0.00264. The molecule has 0 aliphatic carbocycles. The van der Waals surface area contributed by atoms with E-state index in [2.05, 4.69) is 4.57 Å². The van der Waals surface area contributed by atoms with E-state index in [9.17, 15) is 4.79 Å². The standard InChI is InChI=1S/C25H30N2O5/c1-29-15-14-26-13-11-20-21(26)6-4-8-23(20)32-17-25(28)27-12-5-7-22(27)19-10-9-18(30-2)16-24(19)31-3/h4,6,8-11,13,16,22H,5,7,12,14-15,17H2,1-3H3/t22-/m0/s1. The Morgan fingerprint density at radius 2 is 1.94 bits per heavy atom. The third kappa shape index (κ3) is 4.39. The quantitative estimate of drug-likeness (QED) is 0.504. The third-order valence-electron chi connectivity index (χ3n) is 6.03. The number of likely N-dealkylation sites (tertiary alicyclic amines) is 1. The van der Waals surface area contributed by atoms with Gasteiger partial charge in [-0.2, -0.15) is 0 Å². The first-order valence-corrected chi connectivity index (χ1v) is 10.9. The van der Waals surface area contributed by atoms with Crippen LogP contribution in [0.3, 0.4) is 0 Å². The van der Waals surface area contributed by atoms with Crippen LogP contribution in [0, 0.1) is 0 Å². The van der Waals surface area contributed by atoms with Crippen molar-refractivity contribution in [3.63, 3.8) is 0 Å². The van der Waals surface area contributed by atoms with E-state index < -0.39 is 0 Å². The molecule has 0 spiro atoms. The van der Waals surface area contributed by atoms with E-state index in [0.29, 0.717) is 18.9 Å². The van der Waals surface area contributed by atoms with Gasteiger partial charge in [-0.25, -0.2) is 0 Å². The summed E-state index contributed by atoms with van der Waals surface area (Å²) in [7, 11) is 4.96. The largest absolute Gasteiger partial charge is 0.497 e. The maximum atomic E-state index is 13.1. The van der Waals surface area contributed by atoms with Gasteiger partial charge in [-0.05, 0) is 43.2 Å². The van der Waals surface area contributed by atoms with Crippen molar-refractivity contribution < 1.29 is 23.7 Å². The molecular weight excluding hydrogens is 408 g/mol. The summed E-state index contributed by atoms with van der Waals surface area (Å²) in [5.41, 5.74) is 2.06. The number of rotatable bonds is 9. The molecule has 7 nitrogen and oxygen atoms in total. The molecule has 3 aromatic rings. The first-order chi connectivity index (χ1) is 15.7. The summed E-state index contributed by atoms with van der Waals surface area (Å²) in [4.78, 5) is 15.0. The Hall–Kier alpha value is -3.19. The Morgan fingerprint density at radius 3 is 2.72 bits per heavy atom. The normalized spacial score (nSPS) is 15.8. The van der Waals surface area contributed by atoms with E-state index in [-0.39, 0.29) is 18.6 Å². The number of fused-ring (bicyclic) bond motifs is 1. The van der Waals surface area contributed by atoms with Crippen LogP contribution in [-0.4, -0.2) is 56.5 Å². The van der Waals surface area contributed by atoms with Gasteiger partial charge < -0.3 is 28.4 Å². The van der Waals surface area contributed by atoms with Gasteiger partial charge in [0.15, 0.2) is 6.61 Å². The topological polar surface area (TPSA) is 62.2 Å². The smallest absolute Gasteiger partial charge is 0.261 e. The number of hydrogen-bond donors (Lipinski definition) is 0. The number of carbonyl (C=O) groups excluding carboxylic acids is 1. The molecule has 1 saturated heterocycles. The Kier molecular flexibility index (Phi) is 6.85. The average molecular weight is 439 g/mol. The van der Waals surface area contributed by atoms with Crippen LogP contribution in [-0.2, 0) is 16.1 Å². The zero-order valence-electron chi connectivity index (χ0n) is 18.9. The number of carbonyl (C=O) groups is 1. The summed E-state index contributed by atoms with van der Waals surface area (Å²) >= 11 is 0. The fraction of sp³-hybridized carbons (Fsp3) is 0.400. The Morgan fingerprint density at radius 1 is 1.06 bits per heavy atom. The van der Waals surface area contributed by atoms with E-state index in [4.69, 9.17) is 18.9 Å². The highest BCUT2D eigenvalue weighted by atomic mass is 16.5. The second-order valence-electron chi connectivity index (χ2n) is 7.83. The molecule has 0 N–H and O–H groups in total. The van der Waals surface area contributed by atoms with Crippen molar-refractivity contribution in [1.29, 1.82) is 0 Å². The van der Waals surface area contributed by atoms with Gasteiger partial charge in [0.1, 0.15) is 17.2 Å². The molecular formula is C25H30N2O5. The van der Waals surface area contributed by atoms with Crippen LogP contribution >= 0.6 is 0 Å². The number of hydrogen-bond acceptors (Lipinski definition) is 5. The fourth-order valence-corrected chi connectivity index (χ4v) is 4.41. The van der Waals surface area contributed by atoms with E-state index in [0.717, 1.165) is 47.4 Å². The molecule has 1 aliphatic rings. The molecule has 1 aliphatic heterocycles. The summed E-state index contributed by atoms with van der Waals surface area (Å²) in [6.07, 6.45) is 3.86. The highest BCUT2D eigenvalue weighted by Crippen LogP contribution is 2.38. The van der Waals surface area contributed by atoms with Crippen molar-refractivity contribution in [2.24, 2.45) is 0 Å². The molecule has 1 aromatic heterocycles.